The predicted octanol–water partition coefficient (Wildman–Crippen LogP) is 1.53. The van der Waals surface area contributed by atoms with Crippen molar-refractivity contribution in [2.24, 2.45) is 0 Å². The normalized spacial score (nSPS) is 16.9. The van der Waals surface area contributed by atoms with Gasteiger partial charge in [-0.25, -0.2) is 9.97 Å². The molecule has 0 atom stereocenters. The summed E-state index contributed by atoms with van der Waals surface area (Å²) in [5.41, 5.74) is 8.28. The van der Waals surface area contributed by atoms with E-state index in [2.05, 4.69) is 31.7 Å². The van der Waals surface area contributed by atoms with Crippen LogP contribution in [0, 0.1) is 0 Å². The van der Waals surface area contributed by atoms with Crippen molar-refractivity contribution >= 4 is 17.6 Å². The molecular formula is C16H21N7. The summed E-state index contributed by atoms with van der Waals surface area (Å²) in [6, 6.07) is 1.85. The highest BCUT2D eigenvalue weighted by Crippen LogP contribution is 2.28. The van der Waals surface area contributed by atoms with Crippen molar-refractivity contribution in [1.29, 1.82) is 0 Å². The maximum atomic E-state index is 6.01. The molecule has 0 aromatic carbocycles. The quantitative estimate of drug-likeness (QED) is 0.920. The standard InChI is InChI=1S/C16H21N7/c1-2-14-18-8-11-9-23(10-12(11)19-14)15-7-13(17)20-16(21-15)22-5-3-4-6-22/h7-8H,2-6,9-10H2,1H3,(H2,17,20,21). The number of nitrogens with two attached hydrogens (primary N) is 1. The Kier molecular flexibility index (Phi) is 3.48. The van der Waals surface area contributed by atoms with Gasteiger partial charge in [0.05, 0.1) is 12.2 Å². The second-order valence-electron chi connectivity index (χ2n) is 6.11. The molecule has 1 fully saturated rings. The van der Waals surface area contributed by atoms with Gasteiger partial charge in [0.2, 0.25) is 5.95 Å². The molecule has 120 valence electrons. The number of nitrogen functional groups attached to an aromatic ring is 1. The molecule has 0 spiro atoms. The number of hydrogen-bond donors (Lipinski definition) is 1. The fourth-order valence-electron chi connectivity index (χ4n) is 3.19. The van der Waals surface area contributed by atoms with Crippen molar-refractivity contribution in [3.05, 3.63) is 29.3 Å². The molecule has 23 heavy (non-hydrogen) atoms. The van der Waals surface area contributed by atoms with Crippen LogP contribution in [0.1, 0.15) is 36.8 Å². The van der Waals surface area contributed by atoms with Crippen LogP contribution in [0.3, 0.4) is 0 Å². The van der Waals surface area contributed by atoms with Gasteiger partial charge in [-0.15, -0.1) is 0 Å². The van der Waals surface area contributed by atoms with E-state index in [0.29, 0.717) is 5.82 Å². The van der Waals surface area contributed by atoms with E-state index >= 15 is 0 Å². The molecule has 4 heterocycles. The van der Waals surface area contributed by atoms with Crippen molar-refractivity contribution in [1.82, 2.24) is 19.9 Å². The zero-order valence-electron chi connectivity index (χ0n) is 13.4. The fraction of sp³-hybridized carbons (Fsp3) is 0.500. The Labute approximate surface area is 135 Å². The van der Waals surface area contributed by atoms with Crippen LogP contribution in [-0.2, 0) is 19.5 Å². The molecular weight excluding hydrogens is 290 g/mol. The SMILES string of the molecule is CCc1ncc2c(n1)CN(c1cc(N)nc(N3CCCC3)n1)C2. The van der Waals surface area contributed by atoms with Gasteiger partial charge in [-0.3, -0.25) is 0 Å². The van der Waals surface area contributed by atoms with Gasteiger partial charge in [0.25, 0.3) is 0 Å². The first kappa shape index (κ1) is 14.2. The molecule has 4 rings (SSSR count). The van der Waals surface area contributed by atoms with Crippen molar-refractivity contribution in [2.45, 2.75) is 39.3 Å². The van der Waals surface area contributed by atoms with Crippen molar-refractivity contribution < 1.29 is 0 Å². The van der Waals surface area contributed by atoms with Crippen LogP contribution in [0.15, 0.2) is 12.3 Å². The summed E-state index contributed by atoms with van der Waals surface area (Å²) in [5.74, 6) is 3.03. The predicted molar refractivity (Wildman–Crippen MR) is 89.2 cm³/mol. The second kappa shape index (κ2) is 5.64. The molecule has 0 aliphatic carbocycles. The van der Waals surface area contributed by atoms with Crippen LogP contribution in [0.25, 0.3) is 0 Å². The van der Waals surface area contributed by atoms with Crippen LogP contribution < -0.4 is 15.5 Å². The van der Waals surface area contributed by atoms with E-state index in [9.17, 15) is 0 Å². The Balaban J connectivity index is 1.61. The number of nitrogens with zero attached hydrogens (tertiary/aromatic N) is 6. The minimum atomic E-state index is 0.521. The average Bonchev–Trinajstić information content (AvgIpc) is 3.23. The molecule has 1 saturated heterocycles. The van der Waals surface area contributed by atoms with E-state index in [4.69, 9.17) is 10.7 Å². The van der Waals surface area contributed by atoms with Gasteiger partial charge in [-0.2, -0.15) is 9.97 Å². The highest BCUT2D eigenvalue weighted by Gasteiger charge is 2.24. The molecule has 7 nitrogen and oxygen atoms in total. The smallest absolute Gasteiger partial charge is 0.229 e. The topological polar surface area (TPSA) is 84.1 Å². The molecule has 0 radical (unpaired) electrons. The zero-order chi connectivity index (χ0) is 15.8. The number of rotatable bonds is 3. The van der Waals surface area contributed by atoms with Crippen LogP contribution in [-0.4, -0.2) is 33.0 Å². The fourth-order valence-corrected chi connectivity index (χ4v) is 3.19. The minimum Gasteiger partial charge on any atom is -0.383 e. The third-order valence-corrected chi connectivity index (χ3v) is 4.46. The van der Waals surface area contributed by atoms with Crippen LogP contribution >= 0.6 is 0 Å². The third kappa shape index (κ3) is 2.67. The molecule has 2 aromatic heterocycles. The molecule has 0 saturated carbocycles. The molecule has 7 heteroatoms. The van der Waals surface area contributed by atoms with Gasteiger partial charge >= 0.3 is 0 Å². The second-order valence-corrected chi connectivity index (χ2v) is 6.11. The Morgan fingerprint density at radius 2 is 1.91 bits per heavy atom. The molecule has 0 unspecified atom stereocenters. The molecule has 0 amide bonds. The summed E-state index contributed by atoms with van der Waals surface area (Å²) in [6.07, 6.45) is 5.18. The molecule has 2 aliphatic rings. The highest BCUT2D eigenvalue weighted by molar-refractivity contribution is 5.54. The number of fused-ring (bicyclic) bond motifs is 1. The Morgan fingerprint density at radius 3 is 2.70 bits per heavy atom. The Hall–Kier alpha value is -2.44. The molecule has 0 bridgehead atoms. The average molecular weight is 311 g/mol. The van der Waals surface area contributed by atoms with Crippen LogP contribution in [0.5, 0.6) is 0 Å². The molecule has 2 aliphatic heterocycles. The lowest BCUT2D eigenvalue weighted by atomic mass is 10.3. The summed E-state index contributed by atoms with van der Waals surface area (Å²) in [7, 11) is 0. The first-order chi connectivity index (χ1) is 11.2. The monoisotopic (exact) mass is 311 g/mol. The van der Waals surface area contributed by atoms with E-state index in [1.54, 1.807) is 0 Å². The van der Waals surface area contributed by atoms with Gasteiger partial charge in [0.15, 0.2) is 0 Å². The van der Waals surface area contributed by atoms with Crippen LogP contribution in [0.2, 0.25) is 0 Å². The lowest BCUT2D eigenvalue weighted by Gasteiger charge is -2.20. The highest BCUT2D eigenvalue weighted by atomic mass is 15.3. The zero-order valence-corrected chi connectivity index (χ0v) is 13.4. The van der Waals surface area contributed by atoms with Gasteiger partial charge in [-0.05, 0) is 12.8 Å². The van der Waals surface area contributed by atoms with Crippen LogP contribution in [0.4, 0.5) is 17.6 Å². The van der Waals surface area contributed by atoms with Crippen molar-refractivity contribution in [3.63, 3.8) is 0 Å². The van der Waals surface area contributed by atoms with Gasteiger partial charge in [-0.1, -0.05) is 6.92 Å². The number of aryl methyl sites for hydroxylation is 1. The minimum absolute atomic E-state index is 0.521. The summed E-state index contributed by atoms with van der Waals surface area (Å²) >= 11 is 0. The summed E-state index contributed by atoms with van der Waals surface area (Å²) in [4.78, 5) is 22.6. The summed E-state index contributed by atoms with van der Waals surface area (Å²) in [5, 5.41) is 0. The van der Waals surface area contributed by atoms with E-state index in [-0.39, 0.29) is 0 Å². The van der Waals surface area contributed by atoms with Crippen molar-refractivity contribution in [2.75, 3.05) is 28.6 Å². The molecule has 2 N–H and O–H groups in total. The van der Waals surface area contributed by atoms with Gasteiger partial charge < -0.3 is 15.5 Å². The van der Waals surface area contributed by atoms with E-state index in [0.717, 1.165) is 55.9 Å². The van der Waals surface area contributed by atoms with Gasteiger partial charge in [0, 0.05) is 43.9 Å². The van der Waals surface area contributed by atoms with Gasteiger partial charge in [0.1, 0.15) is 17.5 Å². The first-order valence-electron chi connectivity index (χ1n) is 8.21. The molecule has 2 aromatic rings. The number of aromatic nitrogens is 4. The summed E-state index contributed by atoms with van der Waals surface area (Å²) in [6.45, 7) is 5.61. The number of hydrogen-bond acceptors (Lipinski definition) is 7. The number of anilines is 3. The summed E-state index contributed by atoms with van der Waals surface area (Å²) < 4.78 is 0. The third-order valence-electron chi connectivity index (χ3n) is 4.46. The Bertz CT molecular complexity index is 724. The van der Waals surface area contributed by atoms with E-state index in [1.165, 1.54) is 18.4 Å². The van der Waals surface area contributed by atoms with E-state index < -0.39 is 0 Å². The lowest BCUT2D eigenvalue weighted by molar-refractivity contribution is 0.825. The Morgan fingerprint density at radius 1 is 1.09 bits per heavy atom. The maximum Gasteiger partial charge on any atom is 0.229 e. The largest absolute Gasteiger partial charge is 0.383 e. The lowest BCUT2D eigenvalue weighted by Crippen LogP contribution is -2.23. The van der Waals surface area contributed by atoms with E-state index in [1.807, 2.05) is 12.3 Å². The first-order valence-corrected chi connectivity index (χ1v) is 8.21. The van der Waals surface area contributed by atoms with Crippen molar-refractivity contribution in [3.8, 4) is 0 Å². The maximum absolute atomic E-state index is 6.01.